The molecule has 1 saturated heterocycles. The summed E-state index contributed by atoms with van der Waals surface area (Å²) >= 11 is 0. The van der Waals surface area contributed by atoms with Crippen molar-refractivity contribution in [3.8, 4) is 0 Å². The normalized spacial score (nSPS) is 29.4. The van der Waals surface area contributed by atoms with Gasteiger partial charge in [-0.2, -0.15) is 4.98 Å². The van der Waals surface area contributed by atoms with E-state index in [1.165, 1.54) is 12.8 Å². The maximum absolute atomic E-state index is 5.31. The number of hydrogen-bond donors (Lipinski definition) is 1. The van der Waals surface area contributed by atoms with Gasteiger partial charge in [-0.1, -0.05) is 12.1 Å². The Morgan fingerprint density at radius 2 is 2.36 bits per heavy atom. The second kappa shape index (κ2) is 2.79. The van der Waals surface area contributed by atoms with Crippen molar-refractivity contribution in [2.75, 3.05) is 13.1 Å². The Morgan fingerprint density at radius 1 is 1.50 bits per heavy atom. The van der Waals surface area contributed by atoms with Crippen molar-refractivity contribution in [2.45, 2.75) is 37.5 Å². The van der Waals surface area contributed by atoms with Crippen LogP contribution in [0.15, 0.2) is 4.52 Å². The SMILES string of the molecule is CC1(c2noc(C3CCNC3)n2)CC1. The molecule has 1 saturated carbocycles. The highest BCUT2D eigenvalue weighted by Crippen LogP contribution is 2.46. The maximum atomic E-state index is 5.31. The van der Waals surface area contributed by atoms with Gasteiger partial charge in [0.1, 0.15) is 0 Å². The number of aromatic nitrogens is 2. The molecule has 1 aromatic rings. The van der Waals surface area contributed by atoms with Gasteiger partial charge in [-0.15, -0.1) is 0 Å². The molecule has 2 fully saturated rings. The van der Waals surface area contributed by atoms with Gasteiger partial charge in [-0.3, -0.25) is 0 Å². The molecule has 1 aliphatic carbocycles. The van der Waals surface area contributed by atoms with E-state index < -0.39 is 0 Å². The molecule has 4 heteroatoms. The fourth-order valence-electron chi connectivity index (χ4n) is 1.92. The summed E-state index contributed by atoms with van der Waals surface area (Å²) in [7, 11) is 0. The molecule has 1 unspecified atom stereocenters. The van der Waals surface area contributed by atoms with Gasteiger partial charge in [0.15, 0.2) is 5.82 Å². The van der Waals surface area contributed by atoms with Crippen LogP contribution in [0.1, 0.15) is 43.8 Å². The monoisotopic (exact) mass is 193 g/mol. The Morgan fingerprint density at radius 3 is 3.00 bits per heavy atom. The number of hydrogen-bond acceptors (Lipinski definition) is 4. The second-order valence-electron chi connectivity index (χ2n) is 4.71. The Kier molecular flexibility index (Phi) is 1.68. The molecule has 2 heterocycles. The molecule has 4 nitrogen and oxygen atoms in total. The van der Waals surface area contributed by atoms with E-state index in [9.17, 15) is 0 Å². The van der Waals surface area contributed by atoms with Crippen molar-refractivity contribution in [3.05, 3.63) is 11.7 Å². The van der Waals surface area contributed by atoms with Crippen molar-refractivity contribution >= 4 is 0 Å². The minimum Gasteiger partial charge on any atom is -0.339 e. The van der Waals surface area contributed by atoms with Crippen LogP contribution >= 0.6 is 0 Å². The minimum atomic E-state index is 0.230. The highest BCUT2D eigenvalue weighted by atomic mass is 16.5. The first kappa shape index (κ1) is 8.41. The maximum Gasteiger partial charge on any atom is 0.231 e. The van der Waals surface area contributed by atoms with E-state index in [4.69, 9.17) is 4.52 Å². The fourth-order valence-corrected chi connectivity index (χ4v) is 1.92. The van der Waals surface area contributed by atoms with Gasteiger partial charge in [0, 0.05) is 12.0 Å². The lowest BCUT2D eigenvalue weighted by molar-refractivity contribution is 0.352. The second-order valence-corrected chi connectivity index (χ2v) is 4.71. The number of nitrogens with one attached hydrogen (secondary N) is 1. The van der Waals surface area contributed by atoms with Crippen LogP contribution in [0.2, 0.25) is 0 Å². The van der Waals surface area contributed by atoms with Crippen LogP contribution in [-0.4, -0.2) is 23.2 Å². The lowest BCUT2D eigenvalue weighted by Gasteiger charge is -2.00. The van der Waals surface area contributed by atoms with E-state index in [2.05, 4.69) is 22.4 Å². The van der Waals surface area contributed by atoms with E-state index in [0.717, 1.165) is 31.2 Å². The first-order valence-corrected chi connectivity index (χ1v) is 5.33. The average molecular weight is 193 g/mol. The summed E-state index contributed by atoms with van der Waals surface area (Å²) in [6.07, 6.45) is 3.53. The van der Waals surface area contributed by atoms with Gasteiger partial charge >= 0.3 is 0 Å². The molecular formula is C10H15N3O. The van der Waals surface area contributed by atoms with Gasteiger partial charge in [0.25, 0.3) is 0 Å². The molecule has 0 bridgehead atoms. The quantitative estimate of drug-likeness (QED) is 0.766. The summed E-state index contributed by atoms with van der Waals surface area (Å²) in [5.41, 5.74) is 0.230. The van der Waals surface area contributed by atoms with E-state index >= 15 is 0 Å². The lowest BCUT2D eigenvalue weighted by Crippen LogP contribution is -2.08. The highest BCUT2D eigenvalue weighted by molar-refractivity contribution is 5.15. The predicted molar refractivity (Wildman–Crippen MR) is 51.1 cm³/mol. The van der Waals surface area contributed by atoms with Crippen molar-refractivity contribution < 1.29 is 4.52 Å². The zero-order valence-corrected chi connectivity index (χ0v) is 8.42. The van der Waals surface area contributed by atoms with Crippen LogP contribution in [-0.2, 0) is 5.41 Å². The van der Waals surface area contributed by atoms with Crippen LogP contribution in [0.4, 0.5) is 0 Å². The summed E-state index contributed by atoms with van der Waals surface area (Å²) in [5.74, 6) is 2.19. The van der Waals surface area contributed by atoms with Gasteiger partial charge in [-0.25, -0.2) is 0 Å². The Balaban J connectivity index is 1.82. The first-order valence-electron chi connectivity index (χ1n) is 5.33. The van der Waals surface area contributed by atoms with E-state index in [0.29, 0.717) is 5.92 Å². The molecule has 3 rings (SSSR count). The predicted octanol–water partition coefficient (Wildman–Crippen LogP) is 1.20. The van der Waals surface area contributed by atoms with E-state index in [1.807, 2.05) is 0 Å². The van der Waals surface area contributed by atoms with Crippen molar-refractivity contribution in [2.24, 2.45) is 0 Å². The molecule has 0 spiro atoms. The molecule has 0 radical (unpaired) electrons. The fraction of sp³-hybridized carbons (Fsp3) is 0.800. The smallest absolute Gasteiger partial charge is 0.231 e. The van der Waals surface area contributed by atoms with Gasteiger partial charge in [-0.05, 0) is 25.8 Å². The van der Waals surface area contributed by atoms with Crippen molar-refractivity contribution in [3.63, 3.8) is 0 Å². The Labute approximate surface area is 83.1 Å². The summed E-state index contributed by atoms with van der Waals surface area (Å²) in [6.45, 7) is 4.26. The number of rotatable bonds is 2. The molecule has 1 aromatic heterocycles. The highest BCUT2D eigenvalue weighted by Gasteiger charge is 2.44. The number of nitrogens with zero attached hydrogens (tertiary/aromatic N) is 2. The largest absolute Gasteiger partial charge is 0.339 e. The lowest BCUT2D eigenvalue weighted by atomic mass is 10.1. The van der Waals surface area contributed by atoms with Gasteiger partial charge in [0.05, 0.1) is 5.92 Å². The van der Waals surface area contributed by atoms with E-state index in [-0.39, 0.29) is 5.41 Å². The van der Waals surface area contributed by atoms with Crippen LogP contribution < -0.4 is 5.32 Å². The summed E-state index contributed by atoms with van der Waals surface area (Å²) in [5, 5.41) is 7.39. The molecule has 0 aromatic carbocycles. The van der Waals surface area contributed by atoms with Crippen molar-refractivity contribution in [1.82, 2.24) is 15.5 Å². The Bertz CT molecular complexity index is 337. The van der Waals surface area contributed by atoms with Crippen LogP contribution in [0.25, 0.3) is 0 Å². The summed E-state index contributed by atoms with van der Waals surface area (Å²) in [4.78, 5) is 4.51. The summed E-state index contributed by atoms with van der Waals surface area (Å²) < 4.78 is 5.31. The standard InChI is InChI=1S/C10H15N3O/c1-10(3-4-10)9-12-8(14-13-9)7-2-5-11-6-7/h7,11H,2-6H2,1H3. The van der Waals surface area contributed by atoms with Crippen molar-refractivity contribution in [1.29, 1.82) is 0 Å². The molecule has 2 aliphatic rings. The van der Waals surface area contributed by atoms with E-state index in [1.54, 1.807) is 0 Å². The third-order valence-electron chi connectivity index (χ3n) is 3.39. The zero-order chi connectivity index (χ0) is 9.60. The zero-order valence-electron chi connectivity index (χ0n) is 8.42. The first-order chi connectivity index (χ1) is 6.78. The molecule has 0 amide bonds. The third kappa shape index (κ3) is 1.25. The topological polar surface area (TPSA) is 51.0 Å². The van der Waals surface area contributed by atoms with Gasteiger partial charge in [0.2, 0.25) is 5.89 Å². The molecule has 76 valence electrons. The molecular weight excluding hydrogens is 178 g/mol. The van der Waals surface area contributed by atoms with Gasteiger partial charge < -0.3 is 9.84 Å². The van der Waals surface area contributed by atoms with Crippen LogP contribution in [0.3, 0.4) is 0 Å². The third-order valence-corrected chi connectivity index (χ3v) is 3.39. The molecule has 1 N–H and O–H groups in total. The molecule has 14 heavy (non-hydrogen) atoms. The summed E-state index contributed by atoms with van der Waals surface area (Å²) in [6, 6.07) is 0. The minimum absolute atomic E-state index is 0.230. The van der Waals surface area contributed by atoms with Crippen LogP contribution in [0, 0.1) is 0 Å². The average Bonchev–Trinajstić information content (AvgIpc) is 2.73. The molecule has 1 aliphatic heterocycles. The Hall–Kier alpha value is -0.900. The molecule has 1 atom stereocenters. The van der Waals surface area contributed by atoms with Crippen LogP contribution in [0.5, 0.6) is 0 Å².